The number of benzene rings is 1. The fourth-order valence-corrected chi connectivity index (χ4v) is 2.50. The summed E-state index contributed by atoms with van der Waals surface area (Å²) in [6, 6.07) is 7.12. The molecule has 5 heteroatoms. The highest BCUT2D eigenvalue weighted by Crippen LogP contribution is 2.46. The molecule has 0 aromatic heterocycles. The number of aliphatic hydroxyl groups is 1. The molecule has 1 saturated carbocycles. The van der Waals surface area contributed by atoms with Crippen molar-refractivity contribution >= 4 is 11.8 Å². The minimum absolute atomic E-state index is 0.0526. The van der Waals surface area contributed by atoms with E-state index in [4.69, 9.17) is 9.84 Å². The van der Waals surface area contributed by atoms with Gasteiger partial charge in [0.1, 0.15) is 19.0 Å². The predicted molar refractivity (Wildman–Crippen MR) is 74.2 cm³/mol. The first kappa shape index (κ1) is 13.7. The van der Waals surface area contributed by atoms with E-state index in [0.29, 0.717) is 18.9 Å². The van der Waals surface area contributed by atoms with Crippen LogP contribution in [-0.2, 0) is 9.59 Å². The van der Waals surface area contributed by atoms with Crippen molar-refractivity contribution in [1.82, 2.24) is 4.90 Å². The minimum Gasteiger partial charge on any atom is -0.492 e. The summed E-state index contributed by atoms with van der Waals surface area (Å²) >= 11 is 0. The average molecular weight is 285 g/mol. The van der Waals surface area contributed by atoms with Crippen LogP contribution >= 0.6 is 0 Å². The van der Waals surface area contributed by atoms with E-state index in [1.807, 2.05) is 0 Å². The summed E-state index contributed by atoms with van der Waals surface area (Å²) in [6.07, 6.45) is 0.728. The second kappa shape index (κ2) is 5.58. The molecule has 2 fully saturated rings. The molecule has 2 amide bonds. The van der Waals surface area contributed by atoms with Gasteiger partial charge in [-0.25, -0.2) is 0 Å². The molecule has 1 aliphatic heterocycles. The second-order valence-corrected chi connectivity index (χ2v) is 5.11. The number of fused-ring (bicyclic) bond motifs is 1. The van der Waals surface area contributed by atoms with E-state index in [2.05, 4.69) is 11.8 Å². The largest absolute Gasteiger partial charge is 0.492 e. The minimum atomic E-state index is -0.169. The van der Waals surface area contributed by atoms with Crippen molar-refractivity contribution < 1.29 is 19.4 Å². The number of carbonyl (C=O) groups excluding carboxylic acids is 2. The highest BCUT2D eigenvalue weighted by molar-refractivity contribution is 6.08. The maximum absolute atomic E-state index is 11.8. The zero-order valence-corrected chi connectivity index (χ0v) is 11.4. The standard InChI is InChI=1S/C16H15NO4/c18-8-1-2-11-3-5-12(6-4-11)21-9-7-17-15(19)13-10-14(13)16(17)20/h3-6,13-14,18H,7-10H2. The zero-order chi connectivity index (χ0) is 14.8. The molecule has 3 rings (SSSR count). The van der Waals surface area contributed by atoms with E-state index in [9.17, 15) is 9.59 Å². The number of aliphatic hydroxyl groups excluding tert-OH is 1. The first-order chi connectivity index (χ1) is 10.2. The zero-order valence-electron chi connectivity index (χ0n) is 11.4. The quantitative estimate of drug-likeness (QED) is 0.643. The van der Waals surface area contributed by atoms with Crippen LogP contribution in [0.3, 0.4) is 0 Å². The summed E-state index contributed by atoms with van der Waals surface area (Å²) < 4.78 is 5.53. The van der Waals surface area contributed by atoms with Crippen LogP contribution in [-0.4, -0.2) is 41.6 Å². The van der Waals surface area contributed by atoms with Crippen LogP contribution in [0, 0.1) is 23.7 Å². The van der Waals surface area contributed by atoms with Crippen molar-refractivity contribution in [3.8, 4) is 17.6 Å². The Morgan fingerprint density at radius 3 is 2.48 bits per heavy atom. The van der Waals surface area contributed by atoms with Gasteiger partial charge >= 0.3 is 0 Å². The third-order valence-corrected chi connectivity index (χ3v) is 3.71. The Hall–Kier alpha value is -2.32. The molecule has 5 nitrogen and oxygen atoms in total. The van der Waals surface area contributed by atoms with E-state index in [1.165, 1.54) is 4.90 Å². The number of likely N-dealkylation sites (tertiary alicyclic amines) is 1. The number of ether oxygens (including phenoxy) is 1. The van der Waals surface area contributed by atoms with Crippen LogP contribution < -0.4 is 4.74 Å². The number of nitrogens with zero attached hydrogens (tertiary/aromatic N) is 1. The van der Waals surface area contributed by atoms with Gasteiger partial charge < -0.3 is 9.84 Å². The Morgan fingerprint density at radius 2 is 1.86 bits per heavy atom. The maximum Gasteiger partial charge on any atom is 0.233 e. The Bertz CT molecular complexity index is 606. The summed E-state index contributed by atoms with van der Waals surface area (Å²) in [5, 5.41) is 8.61. The van der Waals surface area contributed by atoms with Gasteiger partial charge in [0.05, 0.1) is 18.4 Å². The van der Waals surface area contributed by atoms with E-state index in [0.717, 1.165) is 12.0 Å². The Morgan fingerprint density at radius 1 is 1.19 bits per heavy atom. The molecule has 1 saturated heterocycles. The smallest absolute Gasteiger partial charge is 0.233 e. The first-order valence-corrected chi connectivity index (χ1v) is 6.88. The summed E-state index contributed by atoms with van der Waals surface area (Å²) in [6.45, 7) is 0.424. The van der Waals surface area contributed by atoms with Crippen molar-refractivity contribution in [3.05, 3.63) is 29.8 Å². The van der Waals surface area contributed by atoms with E-state index in [-0.39, 0.29) is 30.3 Å². The fraction of sp³-hybridized carbons (Fsp3) is 0.375. The normalized spacial score (nSPS) is 22.6. The summed E-state index contributed by atoms with van der Waals surface area (Å²) in [5.74, 6) is 5.80. The van der Waals surface area contributed by atoms with Gasteiger partial charge in [-0.2, -0.15) is 0 Å². The van der Waals surface area contributed by atoms with Gasteiger partial charge in [-0.05, 0) is 30.7 Å². The molecule has 2 atom stereocenters. The van der Waals surface area contributed by atoms with Gasteiger partial charge in [0.15, 0.2) is 0 Å². The molecule has 0 spiro atoms. The molecule has 108 valence electrons. The fourth-order valence-electron chi connectivity index (χ4n) is 2.50. The van der Waals surface area contributed by atoms with E-state index < -0.39 is 0 Å². The number of carbonyl (C=O) groups is 2. The summed E-state index contributed by atoms with van der Waals surface area (Å²) in [7, 11) is 0. The van der Waals surface area contributed by atoms with Gasteiger partial charge in [-0.3, -0.25) is 14.5 Å². The lowest BCUT2D eigenvalue weighted by Gasteiger charge is -2.16. The molecule has 2 aliphatic rings. The molecule has 1 N–H and O–H groups in total. The van der Waals surface area contributed by atoms with Crippen LogP contribution in [0.1, 0.15) is 12.0 Å². The van der Waals surface area contributed by atoms with Crippen molar-refractivity contribution in [2.45, 2.75) is 6.42 Å². The van der Waals surface area contributed by atoms with E-state index >= 15 is 0 Å². The Labute approximate surface area is 122 Å². The highest BCUT2D eigenvalue weighted by atomic mass is 16.5. The average Bonchev–Trinajstić information content (AvgIpc) is 3.26. The molecular weight excluding hydrogens is 270 g/mol. The molecular formula is C16H15NO4. The molecule has 0 bridgehead atoms. The molecule has 2 unspecified atom stereocenters. The number of hydrogen-bond donors (Lipinski definition) is 1. The number of amides is 2. The van der Waals surface area contributed by atoms with Crippen molar-refractivity contribution in [3.63, 3.8) is 0 Å². The number of imide groups is 1. The van der Waals surface area contributed by atoms with Crippen LogP contribution in [0.15, 0.2) is 24.3 Å². The van der Waals surface area contributed by atoms with Crippen LogP contribution in [0.2, 0.25) is 0 Å². The number of piperidine rings is 1. The van der Waals surface area contributed by atoms with E-state index in [1.54, 1.807) is 24.3 Å². The van der Waals surface area contributed by atoms with Crippen LogP contribution in [0.4, 0.5) is 0 Å². The molecule has 1 aliphatic carbocycles. The molecule has 21 heavy (non-hydrogen) atoms. The third-order valence-electron chi connectivity index (χ3n) is 3.71. The summed E-state index contributed by atoms with van der Waals surface area (Å²) in [4.78, 5) is 24.8. The SMILES string of the molecule is O=C1C2CC2C(=O)N1CCOc1ccc(C#CCO)cc1. The van der Waals surface area contributed by atoms with Gasteiger partial charge in [0, 0.05) is 5.56 Å². The Balaban J connectivity index is 1.49. The van der Waals surface area contributed by atoms with Gasteiger partial charge in [-0.15, -0.1) is 0 Å². The lowest BCUT2D eigenvalue weighted by molar-refractivity contribution is -0.141. The monoisotopic (exact) mass is 285 g/mol. The van der Waals surface area contributed by atoms with Crippen molar-refractivity contribution in [2.24, 2.45) is 11.8 Å². The summed E-state index contributed by atoms with van der Waals surface area (Å²) in [5.41, 5.74) is 0.793. The lowest BCUT2D eigenvalue weighted by atomic mass is 10.2. The topological polar surface area (TPSA) is 66.8 Å². The number of rotatable bonds is 4. The van der Waals surface area contributed by atoms with Crippen molar-refractivity contribution in [1.29, 1.82) is 0 Å². The first-order valence-electron chi connectivity index (χ1n) is 6.88. The Kier molecular flexibility index (Phi) is 3.63. The molecule has 0 radical (unpaired) electrons. The highest BCUT2D eigenvalue weighted by Gasteiger charge is 2.58. The van der Waals surface area contributed by atoms with Crippen LogP contribution in [0.5, 0.6) is 5.75 Å². The molecule has 1 aromatic rings. The second-order valence-electron chi connectivity index (χ2n) is 5.11. The molecule has 1 aromatic carbocycles. The predicted octanol–water partition coefficient (Wildman–Crippen LogP) is 0.414. The van der Waals surface area contributed by atoms with Crippen molar-refractivity contribution in [2.75, 3.05) is 19.8 Å². The number of hydrogen-bond acceptors (Lipinski definition) is 4. The third kappa shape index (κ3) is 2.76. The van der Waals surface area contributed by atoms with Gasteiger partial charge in [0.2, 0.25) is 11.8 Å². The van der Waals surface area contributed by atoms with Gasteiger partial charge in [0.25, 0.3) is 0 Å². The van der Waals surface area contributed by atoms with Crippen LogP contribution in [0.25, 0.3) is 0 Å². The van der Waals surface area contributed by atoms with Gasteiger partial charge in [-0.1, -0.05) is 11.8 Å². The maximum atomic E-state index is 11.8. The molecule has 1 heterocycles. The lowest BCUT2D eigenvalue weighted by Crippen LogP contribution is -2.36.